The zero-order chi connectivity index (χ0) is 10.8. The molecule has 1 heterocycles. The number of hydrogen-bond acceptors (Lipinski definition) is 3. The highest BCUT2D eigenvalue weighted by atomic mass is 16.5. The Kier molecular flexibility index (Phi) is 3.67. The summed E-state index contributed by atoms with van der Waals surface area (Å²) in [5.74, 6) is 0.423. The first kappa shape index (κ1) is 11.7. The molecule has 0 aromatic carbocycles. The fourth-order valence-electron chi connectivity index (χ4n) is 1.98. The molecule has 3 heteroatoms. The van der Waals surface area contributed by atoms with Crippen molar-refractivity contribution in [1.82, 2.24) is 4.90 Å². The van der Waals surface area contributed by atoms with E-state index in [9.17, 15) is 4.79 Å². The third kappa shape index (κ3) is 2.34. The molecular weight excluding hydrogens is 178 g/mol. The minimum atomic E-state index is -0.335. The van der Waals surface area contributed by atoms with Gasteiger partial charge < -0.3 is 4.74 Å². The molecule has 0 unspecified atom stereocenters. The van der Waals surface area contributed by atoms with Gasteiger partial charge in [0.1, 0.15) is 0 Å². The van der Waals surface area contributed by atoms with Gasteiger partial charge in [0.05, 0.1) is 18.8 Å². The summed E-state index contributed by atoms with van der Waals surface area (Å²) in [4.78, 5) is 14.2. The molecule has 3 nitrogen and oxygen atoms in total. The third-order valence-corrected chi connectivity index (χ3v) is 2.93. The Balaban J connectivity index is 2.66. The maximum atomic E-state index is 12.0. The summed E-state index contributed by atoms with van der Waals surface area (Å²) in [7, 11) is 0. The van der Waals surface area contributed by atoms with Crippen molar-refractivity contribution in [3.05, 3.63) is 0 Å². The predicted molar refractivity (Wildman–Crippen MR) is 56.3 cm³/mol. The van der Waals surface area contributed by atoms with Crippen molar-refractivity contribution in [3.63, 3.8) is 0 Å². The SMILES string of the molecule is CC(C)C(=O)C(C)(C)N1CCOCC1. The number of carbonyl (C=O) groups is 1. The molecule has 0 N–H and O–H groups in total. The molecule has 14 heavy (non-hydrogen) atoms. The molecule has 1 saturated heterocycles. The molecule has 1 fully saturated rings. The Bertz CT molecular complexity index is 205. The molecule has 0 aliphatic carbocycles. The molecule has 0 spiro atoms. The molecule has 0 bridgehead atoms. The van der Waals surface area contributed by atoms with Crippen molar-refractivity contribution in [2.45, 2.75) is 33.2 Å². The van der Waals surface area contributed by atoms with Gasteiger partial charge in [-0.05, 0) is 13.8 Å². The number of nitrogens with zero attached hydrogens (tertiary/aromatic N) is 1. The monoisotopic (exact) mass is 199 g/mol. The van der Waals surface area contributed by atoms with Gasteiger partial charge in [-0.1, -0.05) is 13.8 Å². The van der Waals surface area contributed by atoms with E-state index < -0.39 is 0 Å². The summed E-state index contributed by atoms with van der Waals surface area (Å²) < 4.78 is 5.28. The van der Waals surface area contributed by atoms with E-state index >= 15 is 0 Å². The van der Waals surface area contributed by atoms with Crippen LogP contribution in [0.1, 0.15) is 27.7 Å². The maximum Gasteiger partial charge on any atom is 0.155 e. The molecule has 1 rings (SSSR count). The maximum absolute atomic E-state index is 12.0. The van der Waals surface area contributed by atoms with Crippen LogP contribution in [0.5, 0.6) is 0 Å². The van der Waals surface area contributed by atoms with Gasteiger partial charge in [-0.2, -0.15) is 0 Å². The molecule has 0 aromatic rings. The van der Waals surface area contributed by atoms with Crippen molar-refractivity contribution in [2.75, 3.05) is 26.3 Å². The van der Waals surface area contributed by atoms with Gasteiger partial charge in [-0.3, -0.25) is 9.69 Å². The average molecular weight is 199 g/mol. The molecule has 0 amide bonds. The minimum Gasteiger partial charge on any atom is -0.379 e. The fourth-order valence-corrected chi connectivity index (χ4v) is 1.98. The summed E-state index contributed by atoms with van der Waals surface area (Å²) in [6, 6.07) is 0. The van der Waals surface area contributed by atoms with Crippen LogP contribution in [-0.4, -0.2) is 42.5 Å². The lowest BCUT2D eigenvalue weighted by Crippen LogP contribution is -2.55. The van der Waals surface area contributed by atoms with Gasteiger partial charge >= 0.3 is 0 Å². The Hall–Kier alpha value is -0.410. The fraction of sp³-hybridized carbons (Fsp3) is 0.909. The summed E-state index contributed by atoms with van der Waals surface area (Å²) in [6.45, 7) is 11.2. The van der Waals surface area contributed by atoms with Crippen molar-refractivity contribution < 1.29 is 9.53 Å². The van der Waals surface area contributed by atoms with Crippen LogP contribution in [0, 0.1) is 5.92 Å². The zero-order valence-corrected chi connectivity index (χ0v) is 9.67. The van der Waals surface area contributed by atoms with Crippen LogP contribution in [0.25, 0.3) is 0 Å². The van der Waals surface area contributed by atoms with Gasteiger partial charge in [-0.15, -0.1) is 0 Å². The molecule has 0 saturated carbocycles. The zero-order valence-electron chi connectivity index (χ0n) is 9.67. The van der Waals surface area contributed by atoms with Crippen molar-refractivity contribution in [1.29, 1.82) is 0 Å². The van der Waals surface area contributed by atoms with E-state index in [2.05, 4.69) is 4.90 Å². The van der Waals surface area contributed by atoms with Crippen LogP contribution in [-0.2, 0) is 9.53 Å². The molecule has 0 atom stereocenters. The van der Waals surface area contributed by atoms with Crippen LogP contribution in [0.2, 0.25) is 0 Å². The number of carbonyl (C=O) groups excluding carboxylic acids is 1. The lowest BCUT2D eigenvalue weighted by Gasteiger charge is -2.40. The molecule has 0 aromatic heterocycles. The molecule has 1 aliphatic heterocycles. The predicted octanol–water partition coefficient (Wildman–Crippen LogP) is 1.32. The number of hydrogen-bond donors (Lipinski definition) is 0. The smallest absolute Gasteiger partial charge is 0.155 e. The Morgan fingerprint density at radius 3 is 2.21 bits per heavy atom. The van der Waals surface area contributed by atoms with E-state index in [1.807, 2.05) is 27.7 Å². The Labute approximate surface area is 86.4 Å². The van der Waals surface area contributed by atoms with Gasteiger partial charge in [-0.25, -0.2) is 0 Å². The van der Waals surface area contributed by atoms with E-state index in [0.29, 0.717) is 5.78 Å². The van der Waals surface area contributed by atoms with Crippen LogP contribution < -0.4 is 0 Å². The van der Waals surface area contributed by atoms with E-state index in [1.165, 1.54) is 0 Å². The second kappa shape index (κ2) is 4.41. The summed E-state index contributed by atoms with van der Waals surface area (Å²) >= 11 is 0. The van der Waals surface area contributed by atoms with Gasteiger partial charge in [0, 0.05) is 19.0 Å². The Morgan fingerprint density at radius 1 is 1.29 bits per heavy atom. The number of ketones is 1. The minimum absolute atomic E-state index is 0.104. The lowest BCUT2D eigenvalue weighted by molar-refractivity contribution is -0.135. The van der Waals surface area contributed by atoms with Crippen LogP contribution in [0.15, 0.2) is 0 Å². The second-order valence-electron chi connectivity index (χ2n) is 4.68. The van der Waals surface area contributed by atoms with Crippen LogP contribution in [0.4, 0.5) is 0 Å². The number of rotatable bonds is 3. The highest BCUT2D eigenvalue weighted by Gasteiger charge is 2.36. The molecule has 1 aliphatic rings. The number of morpholine rings is 1. The van der Waals surface area contributed by atoms with E-state index in [0.717, 1.165) is 26.3 Å². The quantitative estimate of drug-likeness (QED) is 0.686. The largest absolute Gasteiger partial charge is 0.379 e. The Morgan fingerprint density at radius 2 is 1.79 bits per heavy atom. The average Bonchev–Trinajstić information content (AvgIpc) is 2.18. The molecule has 82 valence electrons. The highest BCUT2D eigenvalue weighted by Crippen LogP contribution is 2.20. The summed E-state index contributed by atoms with van der Waals surface area (Å²) in [5.41, 5.74) is -0.335. The van der Waals surface area contributed by atoms with Crippen molar-refractivity contribution in [2.24, 2.45) is 5.92 Å². The molecule has 0 radical (unpaired) electrons. The van der Waals surface area contributed by atoms with Gasteiger partial charge in [0.15, 0.2) is 5.78 Å². The standard InChI is InChI=1S/C11H21NO2/c1-9(2)10(13)11(3,4)12-5-7-14-8-6-12/h9H,5-8H2,1-4H3. The van der Waals surface area contributed by atoms with E-state index in [4.69, 9.17) is 4.74 Å². The summed E-state index contributed by atoms with van der Waals surface area (Å²) in [6.07, 6.45) is 0. The lowest BCUT2D eigenvalue weighted by atomic mass is 9.89. The van der Waals surface area contributed by atoms with E-state index in [-0.39, 0.29) is 11.5 Å². The van der Waals surface area contributed by atoms with Crippen LogP contribution in [0.3, 0.4) is 0 Å². The topological polar surface area (TPSA) is 29.5 Å². The molecular formula is C11H21NO2. The van der Waals surface area contributed by atoms with Crippen LogP contribution >= 0.6 is 0 Å². The van der Waals surface area contributed by atoms with E-state index in [1.54, 1.807) is 0 Å². The van der Waals surface area contributed by atoms with Gasteiger partial charge in [0.25, 0.3) is 0 Å². The van der Waals surface area contributed by atoms with Gasteiger partial charge in [0.2, 0.25) is 0 Å². The first-order valence-corrected chi connectivity index (χ1v) is 5.33. The number of Topliss-reactive ketones (excluding diaryl/α,β-unsaturated/α-hetero) is 1. The number of ether oxygens (including phenoxy) is 1. The normalized spacial score (nSPS) is 20.1. The van der Waals surface area contributed by atoms with Crippen molar-refractivity contribution >= 4 is 5.78 Å². The first-order chi connectivity index (χ1) is 6.46. The highest BCUT2D eigenvalue weighted by molar-refractivity contribution is 5.89. The third-order valence-electron chi connectivity index (χ3n) is 2.93. The second-order valence-corrected chi connectivity index (χ2v) is 4.68. The first-order valence-electron chi connectivity index (χ1n) is 5.33. The summed E-state index contributed by atoms with van der Waals surface area (Å²) in [5, 5.41) is 0. The van der Waals surface area contributed by atoms with Crippen molar-refractivity contribution in [3.8, 4) is 0 Å².